The smallest absolute Gasteiger partial charge is 0.311 e. The minimum atomic E-state index is -1.23. The van der Waals surface area contributed by atoms with Gasteiger partial charge in [0.15, 0.2) is 6.10 Å². The van der Waals surface area contributed by atoms with Crippen molar-refractivity contribution in [3.63, 3.8) is 0 Å². The quantitative estimate of drug-likeness (QED) is 0.735. The maximum atomic E-state index is 12.3. The molecule has 0 spiro atoms. The summed E-state index contributed by atoms with van der Waals surface area (Å²) >= 11 is 0. The largest absolute Gasteiger partial charge is 0.456 e. The molecule has 20 heavy (non-hydrogen) atoms. The zero-order valence-corrected chi connectivity index (χ0v) is 12.0. The van der Waals surface area contributed by atoms with E-state index in [0.29, 0.717) is 12.8 Å². The molecule has 5 nitrogen and oxygen atoms in total. The first-order chi connectivity index (χ1) is 9.35. The van der Waals surface area contributed by atoms with Crippen LogP contribution < -0.4 is 0 Å². The van der Waals surface area contributed by atoms with Crippen LogP contribution in [0.4, 0.5) is 0 Å². The molecule has 1 aliphatic heterocycles. The second kappa shape index (κ2) is 3.97. The van der Waals surface area contributed by atoms with E-state index >= 15 is 0 Å². The van der Waals surface area contributed by atoms with Crippen molar-refractivity contribution in [3.8, 4) is 6.07 Å². The molecular formula is C15H19NO4. The van der Waals surface area contributed by atoms with Gasteiger partial charge in [-0.1, -0.05) is 6.92 Å². The van der Waals surface area contributed by atoms with E-state index in [2.05, 4.69) is 6.07 Å². The molecule has 2 saturated carbocycles. The summed E-state index contributed by atoms with van der Waals surface area (Å²) in [6, 6.07) is 2.14. The van der Waals surface area contributed by atoms with E-state index in [-0.39, 0.29) is 29.7 Å². The molecular weight excluding hydrogens is 258 g/mol. The molecule has 0 N–H and O–H groups in total. The zero-order chi connectivity index (χ0) is 14.7. The fraction of sp³-hybridized carbons (Fsp3) is 0.800. The zero-order valence-electron chi connectivity index (χ0n) is 12.0. The second-order valence-electron chi connectivity index (χ2n) is 6.83. The van der Waals surface area contributed by atoms with Crippen LogP contribution in [-0.4, -0.2) is 23.6 Å². The predicted molar refractivity (Wildman–Crippen MR) is 68.1 cm³/mol. The number of rotatable bonds is 3. The molecule has 108 valence electrons. The highest BCUT2D eigenvalue weighted by Gasteiger charge is 2.73. The SMILES string of the molecule is CCC(C)(C)C(=O)OC1C2CC3C(=O)OC1(C#N)C3C2. The van der Waals surface area contributed by atoms with Gasteiger partial charge >= 0.3 is 11.9 Å². The number of carbonyl (C=O) groups excluding carboxylic acids is 2. The van der Waals surface area contributed by atoms with Crippen molar-refractivity contribution in [1.29, 1.82) is 5.26 Å². The summed E-state index contributed by atoms with van der Waals surface area (Å²) in [4.78, 5) is 24.1. The first kappa shape index (κ1) is 13.4. The van der Waals surface area contributed by atoms with Gasteiger partial charge in [0.25, 0.3) is 0 Å². The van der Waals surface area contributed by atoms with Crippen molar-refractivity contribution < 1.29 is 19.1 Å². The van der Waals surface area contributed by atoms with Crippen molar-refractivity contribution in [2.45, 2.75) is 51.7 Å². The summed E-state index contributed by atoms with van der Waals surface area (Å²) in [5.74, 6) is -0.812. The summed E-state index contributed by atoms with van der Waals surface area (Å²) in [5.41, 5.74) is -1.81. The molecule has 5 atom stereocenters. The van der Waals surface area contributed by atoms with E-state index in [1.54, 1.807) is 0 Å². The molecule has 3 aliphatic rings. The van der Waals surface area contributed by atoms with Crippen LogP contribution >= 0.6 is 0 Å². The summed E-state index contributed by atoms with van der Waals surface area (Å²) in [6.07, 6.45) is 1.49. The number of hydrogen-bond donors (Lipinski definition) is 0. The van der Waals surface area contributed by atoms with Gasteiger partial charge in [-0.3, -0.25) is 9.59 Å². The van der Waals surface area contributed by atoms with Gasteiger partial charge in [-0.2, -0.15) is 5.26 Å². The Labute approximate surface area is 118 Å². The van der Waals surface area contributed by atoms with Crippen LogP contribution in [-0.2, 0) is 19.1 Å². The highest BCUT2D eigenvalue weighted by molar-refractivity contribution is 5.80. The molecule has 1 saturated heterocycles. The third-order valence-corrected chi connectivity index (χ3v) is 5.42. The third-order valence-electron chi connectivity index (χ3n) is 5.42. The molecule has 0 aromatic carbocycles. The summed E-state index contributed by atoms with van der Waals surface area (Å²) in [6.45, 7) is 5.57. The Morgan fingerprint density at radius 1 is 1.55 bits per heavy atom. The molecule has 3 rings (SSSR count). The Morgan fingerprint density at radius 3 is 2.85 bits per heavy atom. The number of hydrogen-bond acceptors (Lipinski definition) is 5. The fourth-order valence-corrected chi connectivity index (χ4v) is 3.77. The van der Waals surface area contributed by atoms with E-state index in [1.807, 2.05) is 20.8 Å². The summed E-state index contributed by atoms with van der Waals surface area (Å²) in [7, 11) is 0. The van der Waals surface area contributed by atoms with E-state index in [9.17, 15) is 14.9 Å². The molecule has 3 fully saturated rings. The third kappa shape index (κ3) is 1.48. The van der Waals surface area contributed by atoms with Crippen molar-refractivity contribution >= 4 is 11.9 Å². The average molecular weight is 277 g/mol. The molecule has 5 heteroatoms. The van der Waals surface area contributed by atoms with Crippen molar-refractivity contribution in [3.05, 3.63) is 0 Å². The highest BCUT2D eigenvalue weighted by Crippen LogP contribution is 2.61. The number of ether oxygens (including phenoxy) is 2. The van der Waals surface area contributed by atoms with Crippen LogP contribution in [0.25, 0.3) is 0 Å². The van der Waals surface area contributed by atoms with Gasteiger partial charge < -0.3 is 9.47 Å². The van der Waals surface area contributed by atoms with Crippen molar-refractivity contribution in [2.24, 2.45) is 23.2 Å². The molecule has 0 amide bonds. The summed E-state index contributed by atoms with van der Waals surface area (Å²) < 4.78 is 11.0. The van der Waals surface area contributed by atoms with Crippen molar-refractivity contribution in [1.82, 2.24) is 0 Å². The van der Waals surface area contributed by atoms with Gasteiger partial charge in [0.2, 0.25) is 5.60 Å². The standard InChI is InChI=1S/C15H19NO4/c1-4-14(2,3)13(18)19-11-8-5-9-10(6-8)15(11,7-16)20-12(9)17/h8-11H,4-6H2,1-3H3. The van der Waals surface area contributed by atoms with Crippen LogP contribution in [0.5, 0.6) is 0 Å². The first-order valence-electron chi connectivity index (χ1n) is 7.21. The number of fused-ring (bicyclic) bond motifs is 1. The van der Waals surface area contributed by atoms with Crippen LogP contribution in [0.3, 0.4) is 0 Å². The van der Waals surface area contributed by atoms with Gasteiger partial charge in [0.1, 0.15) is 6.07 Å². The van der Waals surface area contributed by atoms with Gasteiger partial charge in [-0.25, -0.2) is 0 Å². The number of carbonyl (C=O) groups is 2. The van der Waals surface area contributed by atoms with Gasteiger partial charge in [0, 0.05) is 11.8 Å². The van der Waals surface area contributed by atoms with E-state index in [4.69, 9.17) is 9.47 Å². The van der Waals surface area contributed by atoms with E-state index < -0.39 is 17.1 Å². The molecule has 0 aromatic heterocycles. The molecule has 0 radical (unpaired) electrons. The topological polar surface area (TPSA) is 76.4 Å². The second-order valence-corrected chi connectivity index (χ2v) is 6.83. The van der Waals surface area contributed by atoms with Gasteiger partial charge in [0.05, 0.1) is 11.3 Å². The Morgan fingerprint density at radius 2 is 2.25 bits per heavy atom. The van der Waals surface area contributed by atoms with Crippen LogP contribution in [0.2, 0.25) is 0 Å². The maximum Gasteiger partial charge on any atom is 0.311 e. The lowest BCUT2D eigenvalue weighted by atomic mass is 9.78. The Bertz CT molecular complexity index is 520. The predicted octanol–water partition coefficient (Wildman–Crippen LogP) is 1.81. The Kier molecular flexibility index (Phi) is 2.66. The fourth-order valence-electron chi connectivity index (χ4n) is 3.77. The normalized spacial score (nSPS) is 41.4. The van der Waals surface area contributed by atoms with Crippen LogP contribution in [0.1, 0.15) is 40.0 Å². The average Bonchev–Trinajstić information content (AvgIpc) is 3.01. The molecule has 0 aromatic rings. The van der Waals surface area contributed by atoms with Crippen molar-refractivity contribution in [2.75, 3.05) is 0 Å². The van der Waals surface area contributed by atoms with Crippen LogP contribution in [0, 0.1) is 34.5 Å². The molecule has 2 aliphatic carbocycles. The molecule has 5 unspecified atom stereocenters. The lowest BCUT2D eigenvalue weighted by Gasteiger charge is -2.34. The van der Waals surface area contributed by atoms with E-state index in [1.165, 1.54) is 0 Å². The molecule has 2 bridgehead atoms. The maximum absolute atomic E-state index is 12.3. The molecule has 1 heterocycles. The monoisotopic (exact) mass is 277 g/mol. The van der Waals surface area contributed by atoms with E-state index in [0.717, 1.165) is 6.42 Å². The Hall–Kier alpha value is -1.57. The number of nitrogens with zero attached hydrogens (tertiary/aromatic N) is 1. The van der Waals surface area contributed by atoms with Crippen LogP contribution in [0.15, 0.2) is 0 Å². The number of nitriles is 1. The minimum absolute atomic E-state index is 0.0766. The first-order valence-corrected chi connectivity index (χ1v) is 7.21. The lowest BCUT2D eigenvalue weighted by Crippen LogP contribution is -2.49. The summed E-state index contributed by atoms with van der Waals surface area (Å²) in [5, 5.41) is 9.51. The lowest BCUT2D eigenvalue weighted by molar-refractivity contribution is -0.177. The Balaban J connectivity index is 1.87. The number of esters is 2. The van der Waals surface area contributed by atoms with Gasteiger partial charge in [-0.05, 0) is 33.1 Å². The minimum Gasteiger partial charge on any atom is -0.456 e. The van der Waals surface area contributed by atoms with Gasteiger partial charge in [-0.15, -0.1) is 0 Å². The highest BCUT2D eigenvalue weighted by atomic mass is 16.6.